The van der Waals surface area contributed by atoms with Crippen LogP contribution in [0.15, 0.2) is 18.2 Å². The number of ether oxygens (including phenoxy) is 1. The van der Waals surface area contributed by atoms with Crippen molar-refractivity contribution in [2.45, 2.75) is 20.8 Å². The van der Waals surface area contributed by atoms with Crippen LogP contribution in [0, 0.1) is 6.92 Å². The predicted molar refractivity (Wildman–Crippen MR) is 58.6 cm³/mol. The minimum absolute atomic E-state index is 0.904. The summed E-state index contributed by atoms with van der Waals surface area (Å²) >= 11 is 0. The molecule has 2 nitrogen and oxygen atoms in total. The lowest BCUT2D eigenvalue weighted by Gasteiger charge is -2.06. The second kappa shape index (κ2) is 6.35. The molecular formula is C11H19NO. The average Bonchev–Trinajstić information content (AvgIpc) is 2.20. The quantitative estimate of drug-likeness (QED) is 0.757. The predicted octanol–water partition coefficient (Wildman–Crippen LogP) is 3.07. The zero-order valence-electron chi connectivity index (χ0n) is 9.14. The summed E-state index contributed by atoms with van der Waals surface area (Å²) in [7, 11) is 3.59. The van der Waals surface area contributed by atoms with Gasteiger partial charge in [-0.25, -0.2) is 0 Å². The zero-order valence-corrected chi connectivity index (χ0v) is 9.14. The average molecular weight is 181 g/mol. The summed E-state index contributed by atoms with van der Waals surface area (Å²) in [6.07, 6.45) is 0. The second-order valence-electron chi connectivity index (χ2n) is 2.43. The van der Waals surface area contributed by atoms with E-state index in [9.17, 15) is 0 Å². The van der Waals surface area contributed by atoms with Crippen LogP contribution in [0.25, 0.3) is 0 Å². The molecule has 0 fully saturated rings. The van der Waals surface area contributed by atoms with E-state index >= 15 is 0 Å². The number of rotatable bonds is 2. The van der Waals surface area contributed by atoms with Gasteiger partial charge in [-0.1, -0.05) is 13.8 Å². The topological polar surface area (TPSA) is 21.3 Å². The van der Waals surface area contributed by atoms with Crippen LogP contribution in [-0.2, 0) is 0 Å². The number of nitrogens with one attached hydrogen (secondary N) is 1. The van der Waals surface area contributed by atoms with E-state index in [-0.39, 0.29) is 0 Å². The van der Waals surface area contributed by atoms with Crippen LogP contribution in [0.3, 0.4) is 0 Å². The molecule has 74 valence electrons. The van der Waals surface area contributed by atoms with Crippen LogP contribution >= 0.6 is 0 Å². The molecule has 2 heteroatoms. The molecule has 0 aromatic heterocycles. The molecule has 1 aromatic rings. The van der Waals surface area contributed by atoms with Crippen molar-refractivity contribution < 1.29 is 4.74 Å². The SMILES string of the molecule is CC.CNc1ccc(OC)cc1C. The molecule has 0 saturated heterocycles. The van der Waals surface area contributed by atoms with Crippen molar-refractivity contribution in [3.8, 4) is 5.75 Å². The van der Waals surface area contributed by atoms with E-state index in [2.05, 4.69) is 5.32 Å². The standard InChI is InChI=1S/C9H13NO.C2H6/c1-7-6-8(11-3)4-5-9(7)10-2;1-2/h4-6,10H,1-3H3;1-2H3. The molecule has 13 heavy (non-hydrogen) atoms. The van der Waals surface area contributed by atoms with Crippen molar-refractivity contribution in [3.63, 3.8) is 0 Å². The normalized spacial score (nSPS) is 8.38. The van der Waals surface area contributed by atoms with Crippen molar-refractivity contribution in [3.05, 3.63) is 23.8 Å². The molecule has 0 spiro atoms. The fraction of sp³-hybridized carbons (Fsp3) is 0.455. The minimum Gasteiger partial charge on any atom is -0.497 e. The summed E-state index contributed by atoms with van der Waals surface area (Å²) in [5.41, 5.74) is 2.35. The molecule has 1 N–H and O–H groups in total. The molecule has 0 atom stereocenters. The Kier molecular flexibility index (Phi) is 5.77. The van der Waals surface area contributed by atoms with E-state index in [1.807, 2.05) is 46.0 Å². The molecule has 0 amide bonds. The van der Waals surface area contributed by atoms with Gasteiger partial charge in [0, 0.05) is 12.7 Å². The largest absolute Gasteiger partial charge is 0.497 e. The van der Waals surface area contributed by atoms with Crippen LogP contribution in [-0.4, -0.2) is 14.2 Å². The summed E-state index contributed by atoms with van der Waals surface area (Å²) in [4.78, 5) is 0. The molecule has 1 rings (SSSR count). The van der Waals surface area contributed by atoms with Gasteiger partial charge in [-0.3, -0.25) is 0 Å². The van der Waals surface area contributed by atoms with Gasteiger partial charge in [0.05, 0.1) is 7.11 Å². The van der Waals surface area contributed by atoms with E-state index in [4.69, 9.17) is 4.74 Å². The van der Waals surface area contributed by atoms with Gasteiger partial charge in [-0.05, 0) is 30.7 Å². The minimum atomic E-state index is 0.904. The molecule has 0 heterocycles. The summed E-state index contributed by atoms with van der Waals surface area (Å²) in [6, 6.07) is 5.96. The third-order valence-electron chi connectivity index (χ3n) is 1.70. The smallest absolute Gasteiger partial charge is 0.119 e. The van der Waals surface area contributed by atoms with E-state index in [1.54, 1.807) is 7.11 Å². The monoisotopic (exact) mass is 181 g/mol. The lowest BCUT2D eigenvalue weighted by Crippen LogP contribution is -1.92. The van der Waals surface area contributed by atoms with Crippen LogP contribution in [0.2, 0.25) is 0 Å². The summed E-state index contributed by atoms with van der Waals surface area (Å²) < 4.78 is 5.07. The Morgan fingerprint density at radius 2 is 1.85 bits per heavy atom. The highest BCUT2D eigenvalue weighted by Gasteiger charge is 1.96. The first kappa shape index (κ1) is 11.8. The number of hydrogen-bond acceptors (Lipinski definition) is 2. The Labute approximate surface area is 80.9 Å². The molecule has 0 aliphatic rings. The van der Waals surface area contributed by atoms with Crippen LogP contribution < -0.4 is 10.1 Å². The molecule has 0 saturated carbocycles. The molecule has 0 radical (unpaired) electrons. The van der Waals surface area contributed by atoms with Crippen molar-refractivity contribution >= 4 is 5.69 Å². The third-order valence-corrected chi connectivity index (χ3v) is 1.70. The van der Waals surface area contributed by atoms with E-state index in [0.717, 1.165) is 11.4 Å². The van der Waals surface area contributed by atoms with Crippen molar-refractivity contribution in [1.29, 1.82) is 0 Å². The van der Waals surface area contributed by atoms with Gasteiger partial charge in [0.2, 0.25) is 0 Å². The molecular weight excluding hydrogens is 162 g/mol. The number of methoxy groups -OCH3 is 1. The van der Waals surface area contributed by atoms with Gasteiger partial charge in [-0.2, -0.15) is 0 Å². The summed E-state index contributed by atoms with van der Waals surface area (Å²) in [5, 5.41) is 3.09. The lowest BCUT2D eigenvalue weighted by molar-refractivity contribution is 0.414. The Morgan fingerprint density at radius 3 is 2.23 bits per heavy atom. The molecule has 0 aliphatic heterocycles. The fourth-order valence-electron chi connectivity index (χ4n) is 1.04. The van der Waals surface area contributed by atoms with Gasteiger partial charge >= 0.3 is 0 Å². The molecule has 0 aliphatic carbocycles. The van der Waals surface area contributed by atoms with Gasteiger partial charge in [-0.15, -0.1) is 0 Å². The van der Waals surface area contributed by atoms with E-state index < -0.39 is 0 Å². The van der Waals surface area contributed by atoms with Gasteiger partial charge in [0.25, 0.3) is 0 Å². The van der Waals surface area contributed by atoms with Crippen LogP contribution in [0.4, 0.5) is 5.69 Å². The van der Waals surface area contributed by atoms with Gasteiger partial charge in [0.15, 0.2) is 0 Å². The first-order valence-corrected chi connectivity index (χ1v) is 4.60. The maximum Gasteiger partial charge on any atom is 0.119 e. The van der Waals surface area contributed by atoms with Crippen molar-refractivity contribution in [2.24, 2.45) is 0 Å². The second-order valence-corrected chi connectivity index (χ2v) is 2.43. The van der Waals surface area contributed by atoms with E-state index in [0.29, 0.717) is 0 Å². The molecule has 0 bridgehead atoms. The van der Waals surface area contributed by atoms with Crippen molar-refractivity contribution in [2.75, 3.05) is 19.5 Å². The van der Waals surface area contributed by atoms with Crippen LogP contribution in [0.1, 0.15) is 19.4 Å². The van der Waals surface area contributed by atoms with Crippen molar-refractivity contribution in [1.82, 2.24) is 0 Å². The Morgan fingerprint density at radius 1 is 1.23 bits per heavy atom. The highest BCUT2D eigenvalue weighted by molar-refractivity contribution is 5.52. The number of anilines is 1. The number of aryl methyl sites for hydroxylation is 1. The third kappa shape index (κ3) is 3.36. The molecule has 1 aromatic carbocycles. The van der Waals surface area contributed by atoms with Crippen LogP contribution in [0.5, 0.6) is 5.75 Å². The van der Waals surface area contributed by atoms with Gasteiger partial charge in [0.1, 0.15) is 5.75 Å². The Balaban J connectivity index is 0.000000671. The highest BCUT2D eigenvalue weighted by atomic mass is 16.5. The highest BCUT2D eigenvalue weighted by Crippen LogP contribution is 2.19. The lowest BCUT2D eigenvalue weighted by atomic mass is 10.2. The van der Waals surface area contributed by atoms with E-state index in [1.165, 1.54) is 5.56 Å². The number of benzene rings is 1. The first-order valence-electron chi connectivity index (χ1n) is 4.60. The van der Waals surface area contributed by atoms with Gasteiger partial charge < -0.3 is 10.1 Å². The maximum atomic E-state index is 5.07. The summed E-state index contributed by atoms with van der Waals surface area (Å²) in [5.74, 6) is 0.904. The number of hydrogen-bond donors (Lipinski definition) is 1. The molecule has 0 unspecified atom stereocenters. The fourth-order valence-corrected chi connectivity index (χ4v) is 1.04. The first-order chi connectivity index (χ1) is 6.27. The maximum absolute atomic E-state index is 5.07. The summed E-state index contributed by atoms with van der Waals surface area (Å²) in [6.45, 7) is 6.05. The Bertz CT molecular complexity index is 246. The zero-order chi connectivity index (χ0) is 10.3. The Hall–Kier alpha value is -1.18.